The maximum atomic E-state index is 10.9. The van der Waals surface area contributed by atoms with E-state index in [2.05, 4.69) is 22.1 Å². The molecule has 5 nitrogen and oxygen atoms in total. The number of rotatable bonds is 5. The van der Waals surface area contributed by atoms with Crippen LogP contribution in [0.3, 0.4) is 0 Å². The second kappa shape index (κ2) is 7.25. The Bertz CT molecular complexity index is 656. The van der Waals surface area contributed by atoms with Crippen LogP contribution in [0.1, 0.15) is 18.6 Å². The lowest BCUT2D eigenvalue weighted by molar-refractivity contribution is 0.0852. The summed E-state index contributed by atoms with van der Waals surface area (Å²) in [5, 5.41) is 15.2. The molecule has 1 aromatic carbocycles. The number of benzene rings is 1. The molecular weight excluding hydrogens is 290 g/mol. The number of aliphatic hydroxyl groups is 1. The van der Waals surface area contributed by atoms with Crippen LogP contribution in [0, 0.1) is 5.92 Å². The van der Waals surface area contributed by atoms with Gasteiger partial charge in [-0.05, 0) is 23.6 Å². The van der Waals surface area contributed by atoms with Crippen molar-refractivity contribution in [3.05, 3.63) is 36.0 Å². The highest BCUT2D eigenvalue weighted by Crippen LogP contribution is 2.33. The number of pyridine rings is 1. The van der Waals surface area contributed by atoms with E-state index in [1.165, 1.54) is 0 Å². The smallest absolute Gasteiger partial charge is 0.145 e. The fraction of sp³-hybridized carbons (Fsp3) is 0.500. The molecule has 2 unspecified atom stereocenters. The molecule has 2 N–H and O–H groups in total. The van der Waals surface area contributed by atoms with E-state index in [0.29, 0.717) is 0 Å². The molecule has 5 heteroatoms. The Kier molecular flexibility index (Phi) is 5.10. The second-order valence-corrected chi connectivity index (χ2v) is 6.23. The maximum Gasteiger partial charge on any atom is 0.145 e. The summed E-state index contributed by atoms with van der Waals surface area (Å²) in [6.45, 7) is 7.15. The van der Waals surface area contributed by atoms with Crippen LogP contribution in [0.2, 0.25) is 0 Å². The van der Waals surface area contributed by atoms with E-state index in [0.717, 1.165) is 54.9 Å². The zero-order valence-electron chi connectivity index (χ0n) is 13.8. The standard InChI is InChI=1S/C18H25N3O2/c1-13(12-21-10-8-19-9-11-21)18(22)15-5-6-16(23-2)17-14(15)4-3-7-20-17/h3-7,13,18-19,22H,8-12H2,1-2H3. The Morgan fingerprint density at radius 1 is 1.30 bits per heavy atom. The predicted octanol–water partition coefficient (Wildman–Crippen LogP) is 1.82. The molecule has 1 aliphatic heterocycles. The number of nitrogens with zero attached hydrogens (tertiary/aromatic N) is 2. The largest absolute Gasteiger partial charge is 0.494 e. The van der Waals surface area contributed by atoms with Crippen LogP contribution in [-0.2, 0) is 0 Å². The summed E-state index contributed by atoms with van der Waals surface area (Å²) >= 11 is 0. The average molecular weight is 315 g/mol. The molecule has 1 saturated heterocycles. The molecule has 0 aliphatic carbocycles. The molecular formula is C18H25N3O2. The number of aromatic nitrogens is 1. The van der Waals surface area contributed by atoms with Gasteiger partial charge in [-0.1, -0.05) is 19.1 Å². The van der Waals surface area contributed by atoms with E-state index in [9.17, 15) is 5.11 Å². The molecule has 0 amide bonds. The number of hydrogen-bond acceptors (Lipinski definition) is 5. The van der Waals surface area contributed by atoms with Crippen molar-refractivity contribution in [2.45, 2.75) is 13.0 Å². The first-order valence-electron chi connectivity index (χ1n) is 8.23. The molecule has 23 heavy (non-hydrogen) atoms. The minimum Gasteiger partial charge on any atom is -0.494 e. The van der Waals surface area contributed by atoms with Crippen LogP contribution in [0.15, 0.2) is 30.5 Å². The van der Waals surface area contributed by atoms with Gasteiger partial charge in [-0.15, -0.1) is 0 Å². The van der Waals surface area contributed by atoms with Gasteiger partial charge in [0.15, 0.2) is 0 Å². The van der Waals surface area contributed by atoms with E-state index in [1.807, 2.05) is 24.3 Å². The topological polar surface area (TPSA) is 57.6 Å². The molecule has 0 saturated carbocycles. The Hall–Kier alpha value is -1.69. The van der Waals surface area contributed by atoms with Gasteiger partial charge in [0, 0.05) is 44.3 Å². The van der Waals surface area contributed by atoms with Gasteiger partial charge in [-0.2, -0.15) is 0 Å². The monoisotopic (exact) mass is 315 g/mol. The van der Waals surface area contributed by atoms with Crippen LogP contribution in [0.4, 0.5) is 0 Å². The Morgan fingerprint density at radius 3 is 2.83 bits per heavy atom. The molecule has 0 radical (unpaired) electrons. The van der Waals surface area contributed by atoms with Crippen molar-refractivity contribution in [2.24, 2.45) is 5.92 Å². The molecule has 3 rings (SSSR count). The quantitative estimate of drug-likeness (QED) is 0.881. The zero-order chi connectivity index (χ0) is 16.2. The summed E-state index contributed by atoms with van der Waals surface area (Å²) in [5.41, 5.74) is 1.73. The number of fused-ring (bicyclic) bond motifs is 1. The Balaban J connectivity index is 1.84. The van der Waals surface area contributed by atoms with Crippen molar-refractivity contribution in [1.82, 2.24) is 15.2 Å². The number of hydrogen-bond donors (Lipinski definition) is 2. The fourth-order valence-electron chi connectivity index (χ4n) is 3.30. The molecule has 2 heterocycles. The molecule has 0 spiro atoms. The summed E-state index contributed by atoms with van der Waals surface area (Å²) in [6, 6.07) is 7.76. The fourth-order valence-corrected chi connectivity index (χ4v) is 3.30. The summed E-state index contributed by atoms with van der Waals surface area (Å²) in [6.07, 6.45) is 1.24. The van der Waals surface area contributed by atoms with E-state index in [4.69, 9.17) is 4.74 Å². The van der Waals surface area contributed by atoms with Gasteiger partial charge in [0.05, 0.1) is 13.2 Å². The van der Waals surface area contributed by atoms with Gasteiger partial charge >= 0.3 is 0 Å². The maximum absolute atomic E-state index is 10.9. The van der Waals surface area contributed by atoms with E-state index in [-0.39, 0.29) is 5.92 Å². The summed E-state index contributed by atoms with van der Waals surface area (Å²) in [7, 11) is 1.65. The van der Waals surface area contributed by atoms with E-state index < -0.39 is 6.10 Å². The normalized spacial score (nSPS) is 18.7. The van der Waals surface area contributed by atoms with Gasteiger partial charge < -0.3 is 20.1 Å². The number of nitrogens with one attached hydrogen (secondary N) is 1. The molecule has 0 bridgehead atoms. The molecule has 124 valence electrons. The highest BCUT2D eigenvalue weighted by Gasteiger charge is 2.23. The highest BCUT2D eigenvalue weighted by atomic mass is 16.5. The third-order valence-corrected chi connectivity index (χ3v) is 4.60. The highest BCUT2D eigenvalue weighted by molar-refractivity contribution is 5.87. The number of ether oxygens (including phenoxy) is 1. The van der Waals surface area contributed by atoms with Crippen molar-refractivity contribution in [3.63, 3.8) is 0 Å². The first-order chi connectivity index (χ1) is 11.2. The Morgan fingerprint density at radius 2 is 2.09 bits per heavy atom. The van der Waals surface area contributed by atoms with Crippen LogP contribution in [0.5, 0.6) is 5.75 Å². The van der Waals surface area contributed by atoms with Gasteiger partial charge in [-0.25, -0.2) is 0 Å². The third kappa shape index (κ3) is 3.47. The van der Waals surface area contributed by atoms with Crippen molar-refractivity contribution in [3.8, 4) is 5.75 Å². The van der Waals surface area contributed by atoms with E-state index >= 15 is 0 Å². The lowest BCUT2D eigenvalue weighted by Crippen LogP contribution is -2.45. The minimum atomic E-state index is -0.512. The number of aliphatic hydroxyl groups excluding tert-OH is 1. The first-order valence-corrected chi connectivity index (χ1v) is 8.23. The summed E-state index contributed by atoms with van der Waals surface area (Å²) in [4.78, 5) is 6.83. The Labute approximate surface area is 137 Å². The van der Waals surface area contributed by atoms with Gasteiger partial charge in [0.25, 0.3) is 0 Å². The van der Waals surface area contributed by atoms with Crippen LogP contribution < -0.4 is 10.1 Å². The van der Waals surface area contributed by atoms with Crippen molar-refractivity contribution >= 4 is 10.9 Å². The third-order valence-electron chi connectivity index (χ3n) is 4.60. The van der Waals surface area contributed by atoms with Gasteiger partial charge in [-0.3, -0.25) is 4.98 Å². The SMILES string of the molecule is COc1ccc(C(O)C(C)CN2CCNCC2)c2cccnc12. The zero-order valence-corrected chi connectivity index (χ0v) is 13.8. The molecule has 1 fully saturated rings. The summed E-state index contributed by atoms with van der Waals surface area (Å²) in [5.74, 6) is 0.899. The van der Waals surface area contributed by atoms with Crippen LogP contribution in [-0.4, -0.2) is 54.8 Å². The molecule has 1 aromatic heterocycles. The van der Waals surface area contributed by atoms with Gasteiger partial charge in [0.1, 0.15) is 11.3 Å². The summed E-state index contributed by atoms with van der Waals surface area (Å²) < 4.78 is 5.38. The lowest BCUT2D eigenvalue weighted by atomic mass is 9.93. The molecule has 2 atom stereocenters. The van der Waals surface area contributed by atoms with Crippen LogP contribution >= 0.6 is 0 Å². The first kappa shape index (κ1) is 16.2. The second-order valence-electron chi connectivity index (χ2n) is 6.23. The molecule has 2 aromatic rings. The van der Waals surface area contributed by atoms with Crippen LogP contribution in [0.25, 0.3) is 10.9 Å². The van der Waals surface area contributed by atoms with Gasteiger partial charge in [0.2, 0.25) is 0 Å². The minimum absolute atomic E-state index is 0.157. The predicted molar refractivity (Wildman–Crippen MR) is 91.7 cm³/mol. The van der Waals surface area contributed by atoms with Crippen molar-refractivity contribution < 1.29 is 9.84 Å². The van der Waals surface area contributed by atoms with E-state index in [1.54, 1.807) is 13.3 Å². The van der Waals surface area contributed by atoms with Crippen molar-refractivity contribution in [2.75, 3.05) is 39.8 Å². The lowest BCUT2D eigenvalue weighted by Gasteiger charge is -2.31. The number of piperazine rings is 1. The number of methoxy groups -OCH3 is 1. The molecule has 1 aliphatic rings. The van der Waals surface area contributed by atoms with Crippen molar-refractivity contribution in [1.29, 1.82) is 0 Å². The average Bonchev–Trinajstić information content (AvgIpc) is 2.61.